The van der Waals surface area contributed by atoms with Gasteiger partial charge in [-0.15, -0.1) is 11.3 Å². The lowest BCUT2D eigenvalue weighted by molar-refractivity contribution is 0.223. The van der Waals surface area contributed by atoms with Gasteiger partial charge in [0.25, 0.3) is 0 Å². The Labute approximate surface area is 102 Å². The Hall–Kier alpha value is -0.900. The van der Waals surface area contributed by atoms with Crippen LogP contribution in [0.1, 0.15) is 22.1 Å². The van der Waals surface area contributed by atoms with Crippen molar-refractivity contribution in [2.24, 2.45) is 0 Å². The molecule has 0 aliphatic rings. The van der Waals surface area contributed by atoms with Gasteiger partial charge < -0.3 is 5.11 Å². The lowest BCUT2D eigenvalue weighted by Crippen LogP contribution is -2.00. The summed E-state index contributed by atoms with van der Waals surface area (Å²) >= 11 is 7.15. The Balaban J connectivity index is 2.40. The van der Waals surface area contributed by atoms with Crippen molar-refractivity contribution in [3.05, 3.63) is 56.5 Å². The zero-order valence-electron chi connectivity index (χ0n) is 8.58. The maximum Gasteiger partial charge on any atom is 0.123 e. The molecule has 0 fully saturated rings. The van der Waals surface area contributed by atoms with Crippen molar-refractivity contribution in [1.82, 2.24) is 0 Å². The summed E-state index contributed by atoms with van der Waals surface area (Å²) < 4.78 is 13.1. The Kier molecular flexibility index (Phi) is 3.28. The molecule has 0 saturated carbocycles. The van der Waals surface area contributed by atoms with Crippen LogP contribution in [0.2, 0.25) is 5.02 Å². The Morgan fingerprint density at radius 1 is 1.38 bits per heavy atom. The molecule has 1 heterocycles. The predicted molar refractivity (Wildman–Crippen MR) is 64.5 cm³/mol. The highest BCUT2D eigenvalue weighted by Gasteiger charge is 2.15. The highest BCUT2D eigenvalue weighted by atomic mass is 35.5. The van der Waals surface area contributed by atoms with E-state index in [9.17, 15) is 9.50 Å². The molecule has 0 bridgehead atoms. The normalized spacial score (nSPS) is 12.8. The molecule has 1 atom stereocenters. The number of rotatable bonds is 2. The molecule has 0 amide bonds. The quantitative estimate of drug-likeness (QED) is 0.863. The lowest BCUT2D eigenvalue weighted by atomic mass is 10.0. The topological polar surface area (TPSA) is 20.2 Å². The van der Waals surface area contributed by atoms with Crippen LogP contribution in [0.25, 0.3) is 0 Å². The first kappa shape index (κ1) is 11.6. The molecule has 2 aromatic rings. The summed E-state index contributed by atoms with van der Waals surface area (Å²) in [6, 6.07) is 6.09. The van der Waals surface area contributed by atoms with Crippen LogP contribution in [-0.2, 0) is 0 Å². The van der Waals surface area contributed by atoms with Gasteiger partial charge in [0.15, 0.2) is 0 Å². The van der Waals surface area contributed by atoms with Gasteiger partial charge in [-0.25, -0.2) is 4.39 Å². The molecule has 0 spiro atoms. The number of aryl methyl sites for hydroxylation is 1. The Morgan fingerprint density at radius 2 is 2.12 bits per heavy atom. The van der Waals surface area contributed by atoms with E-state index in [-0.39, 0.29) is 5.82 Å². The fraction of sp³-hybridized carbons (Fsp3) is 0.167. The molecule has 1 N–H and O–H groups in total. The summed E-state index contributed by atoms with van der Waals surface area (Å²) in [7, 11) is 0. The summed E-state index contributed by atoms with van der Waals surface area (Å²) in [6.07, 6.45) is -0.812. The fourth-order valence-electron chi connectivity index (χ4n) is 1.53. The number of thiophene rings is 1. The third-order valence-corrected chi connectivity index (χ3v) is 3.73. The third-order valence-electron chi connectivity index (χ3n) is 2.39. The second-order valence-electron chi connectivity index (χ2n) is 3.57. The second-order valence-corrected chi connectivity index (χ2v) is 4.95. The molecule has 1 aromatic heterocycles. The van der Waals surface area contributed by atoms with Crippen LogP contribution in [-0.4, -0.2) is 5.11 Å². The van der Waals surface area contributed by atoms with Gasteiger partial charge in [-0.1, -0.05) is 17.7 Å². The maximum absolute atomic E-state index is 13.1. The number of halogens is 2. The van der Waals surface area contributed by atoms with Crippen molar-refractivity contribution in [3.63, 3.8) is 0 Å². The monoisotopic (exact) mass is 256 g/mol. The fourth-order valence-corrected chi connectivity index (χ4v) is 2.61. The van der Waals surface area contributed by atoms with Crippen LogP contribution in [0, 0.1) is 12.7 Å². The molecular formula is C12H10ClFOS. The molecule has 0 aliphatic heterocycles. The molecule has 0 radical (unpaired) electrons. The highest BCUT2D eigenvalue weighted by molar-refractivity contribution is 7.10. The summed E-state index contributed by atoms with van der Waals surface area (Å²) in [6.45, 7) is 1.84. The van der Waals surface area contributed by atoms with E-state index in [1.54, 1.807) is 17.5 Å². The largest absolute Gasteiger partial charge is 0.383 e. The number of hydrogen-bond acceptors (Lipinski definition) is 2. The molecule has 0 saturated heterocycles. The Bertz CT molecular complexity index is 509. The zero-order chi connectivity index (χ0) is 11.7. The molecule has 1 nitrogen and oxygen atoms in total. The summed E-state index contributed by atoms with van der Waals surface area (Å²) in [5, 5.41) is 12.4. The van der Waals surface area contributed by atoms with Crippen LogP contribution in [0.3, 0.4) is 0 Å². The number of benzene rings is 1. The minimum Gasteiger partial charge on any atom is -0.383 e. The van der Waals surface area contributed by atoms with Gasteiger partial charge in [0, 0.05) is 10.3 Å². The molecule has 4 heteroatoms. The smallest absolute Gasteiger partial charge is 0.123 e. The molecule has 1 unspecified atom stereocenters. The number of aliphatic hydroxyl groups excluding tert-OH is 1. The average molecular weight is 257 g/mol. The van der Waals surface area contributed by atoms with Gasteiger partial charge in [0.1, 0.15) is 11.9 Å². The van der Waals surface area contributed by atoms with Crippen LogP contribution in [0.4, 0.5) is 4.39 Å². The van der Waals surface area contributed by atoms with E-state index in [1.165, 1.54) is 23.5 Å². The molecular weight excluding hydrogens is 247 g/mol. The standard InChI is InChI=1S/C12H10ClFOS/c1-7-2-3-9(14)5-10(7)12(15)11-4-8(13)6-16-11/h2-6,12,15H,1H3. The first-order valence-corrected chi connectivity index (χ1v) is 6.02. The SMILES string of the molecule is Cc1ccc(F)cc1C(O)c1cc(Cl)cs1. The van der Waals surface area contributed by atoms with Crippen LogP contribution in [0.15, 0.2) is 29.6 Å². The van der Waals surface area contributed by atoms with E-state index >= 15 is 0 Å². The van der Waals surface area contributed by atoms with Gasteiger partial charge in [0.05, 0.1) is 5.02 Å². The van der Waals surface area contributed by atoms with Gasteiger partial charge in [-0.3, -0.25) is 0 Å². The zero-order valence-corrected chi connectivity index (χ0v) is 10.1. The van der Waals surface area contributed by atoms with Gasteiger partial charge in [-0.2, -0.15) is 0 Å². The highest BCUT2D eigenvalue weighted by Crippen LogP contribution is 2.31. The molecule has 1 aromatic carbocycles. The third kappa shape index (κ3) is 2.26. The molecule has 16 heavy (non-hydrogen) atoms. The first-order valence-electron chi connectivity index (χ1n) is 4.76. The molecule has 84 valence electrons. The maximum atomic E-state index is 13.1. The number of hydrogen-bond donors (Lipinski definition) is 1. The summed E-state index contributed by atoms with van der Waals surface area (Å²) in [4.78, 5) is 0.721. The molecule has 2 rings (SSSR count). The van der Waals surface area contributed by atoms with E-state index < -0.39 is 6.10 Å². The van der Waals surface area contributed by atoms with Crippen molar-refractivity contribution in [1.29, 1.82) is 0 Å². The van der Waals surface area contributed by atoms with Crippen molar-refractivity contribution in [3.8, 4) is 0 Å². The van der Waals surface area contributed by atoms with Gasteiger partial charge in [-0.05, 0) is 36.2 Å². The van der Waals surface area contributed by atoms with Crippen LogP contribution < -0.4 is 0 Å². The molecule has 0 aliphatic carbocycles. The summed E-state index contributed by atoms with van der Waals surface area (Å²) in [5.41, 5.74) is 1.44. The lowest BCUT2D eigenvalue weighted by Gasteiger charge is -2.11. The van der Waals surface area contributed by atoms with Crippen LogP contribution >= 0.6 is 22.9 Å². The van der Waals surface area contributed by atoms with Crippen molar-refractivity contribution >= 4 is 22.9 Å². The van der Waals surface area contributed by atoms with Crippen molar-refractivity contribution < 1.29 is 9.50 Å². The van der Waals surface area contributed by atoms with Crippen molar-refractivity contribution in [2.45, 2.75) is 13.0 Å². The van der Waals surface area contributed by atoms with E-state index in [4.69, 9.17) is 11.6 Å². The minimum atomic E-state index is -0.812. The predicted octanol–water partition coefficient (Wildman–Crippen LogP) is 3.93. The average Bonchev–Trinajstić information content (AvgIpc) is 2.67. The number of aliphatic hydroxyl groups is 1. The van der Waals surface area contributed by atoms with Crippen LogP contribution in [0.5, 0.6) is 0 Å². The van der Waals surface area contributed by atoms with Crippen molar-refractivity contribution in [2.75, 3.05) is 0 Å². The van der Waals surface area contributed by atoms with Gasteiger partial charge in [0.2, 0.25) is 0 Å². The summed E-state index contributed by atoms with van der Waals surface area (Å²) in [5.74, 6) is -0.345. The Morgan fingerprint density at radius 3 is 2.75 bits per heavy atom. The second kappa shape index (κ2) is 4.53. The first-order chi connectivity index (χ1) is 7.58. The van der Waals surface area contributed by atoms with E-state index in [0.29, 0.717) is 10.6 Å². The van der Waals surface area contributed by atoms with E-state index in [2.05, 4.69) is 0 Å². The van der Waals surface area contributed by atoms with E-state index in [0.717, 1.165) is 10.4 Å². The van der Waals surface area contributed by atoms with E-state index in [1.807, 2.05) is 6.92 Å². The minimum absolute atomic E-state index is 0.345. The van der Waals surface area contributed by atoms with Gasteiger partial charge >= 0.3 is 0 Å².